The van der Waals surface area contributed by atoms with Crippen LogP contribution in [0, 0.1) is 23.3 Å². The molecule has 0 aliphatic heterocycles. The number of esters is 1. The van der Waals surface area contributed by atoms with Gasteiger partial charge in [-0.15, -0.1) is 0 Å². The zero-order valence-corrected chi connectivity index (χ0v) is 20.6. The van der Waals surface area contributed by atoms with Crippen LogP contribution in [0.1, 0.15) is 19.8 Å². The van der Waals surface area contributed by atoms with Crippen LogP contribution in [0.2, 0.25) is 5.02 Å². The van der Waals surface area contributed by atoms with Gasteiger partial charge in [0, 0.05) is 22.7 Å². The fourth-order valence-corrected chi connectivity index (χ4v) is 3.55. The summed E-state index contributed by atoms with van der Waals surface area (Å²) in [6.45, 7) is 0.0326. The number of nitrogens with zero attached hydrogens (tertiary/aromatic N) is 1. The minimum Gasteiger partial charge on any atom is -0.479 e. The molecule has 0 aliphatic carbocycles. The minimum atomic E-state index is -1.87. The van der Waals surface area contributed by atoms with Gasteiger partial charge < -0.3 is 19.4 Å². The molecule has 38 heavy (non-hydrogen) atoms. The number of ketones is 1. The average Bonchev–Trinajstić information content (AvgIpc) is 2.87. The summed E-state index contributed by atoms with van der Waals surface area (Å²) in [5.41, 5.74) is -0.548. The molecule has 0 bridgehead atoms. The highest BCUT2D eigenvalue weighted by Crippen LogP contribution is 2.26. The summed E-state index contributed by atoms with van der Waals surface area (Å²) in [7, 11) is 0. The van der Waals surface area contributed by atoms with E-state index in [1.165, 1.54) is 12.3 Å². The summed E-state index contributed by atoms with van der Waals surface area (Å²) < 4.78 is 65.2. The molecule has 0 radical (unpaired) electrons. The highest BCUT2D eigenvalue weighted by Gasteiger charge is 2.27. The Morgan fingerprint density at radius 1 is 1.05 bits per heavy atom. The van der Waals surface area contributed by atoms with Crippen molar-refractivity contribution in [1.82, 2.24) is 9.88 Å². The number of rotatable bonds is 11. The molecule has 13 heteroatoms. The number of fused-ring (bicyclic) bond motifs is 1. The Hall–Kier alpha value is -3.93. The Kier molecular flexibility index (Phi) is 9.45. The molecule has 1 aromatic heterocycles. The number of halogens is 5. The SMILES string of the molecule is CCCOC(=O)CC(NC(=O)Cn1ccc2ccc(Cl)cc2c1=O)C(=O)COc1c(F)c(F)cc(F)c1F. The summed E-state index contributed by atoms with van der Waals surface area (Å²) in [6, 6.07) is 4.56. The van der Waals surface area contributed by atoms with Crippen LogP contribution in [0.15, 0.2) is 41.3 Å². The number of nitrogens with one attached hydrogen (secondary N) is 1. The maximum absolute atomic E-state index is 13.9. The van der Waals surface area contributed by atoms with Gasteiger partial charge in [0.05, 0.1) is 13.0 Å². The van der Waals surface area contributed by atoms with Crippen LogP contribution in [0.4, 0.5) is 17.6 Å². The molecular weight excluding hydrogens is 536 g/mol. The van der Waals surface area contributed by atoms with Crippen molar-refractivity contribution in [2.24, 2.45) is 0 Å². The second kappa shape index (κ2) is 12.5. The predicted octanol–water partition coefficient (Wildman–Crippen LogP) is 3.69. The number of carbonyl (C=O) groups excluding carboxylic acids is 3. The normalized spacial score (nSPS) is 11.7. The van der Waals surface area contributed by atoms with Crippen molar-refractivity contribution < 1.29 is 41.4 Å². The van der Waals surface area contributed by atoms with Gasteiger partial charge in [0.15, 0.2) is 23.2 Å². The Bertz CT molecular complexity index is 1420. The Balaban J connectivity index is 1.77. The molecule has 1 N–H and O–H groups in total. The maximum Gasteiger partial charge on any atom is 0.308 e. The number of Topliss-reactive ketones (excluding diaryl/α,β-unsaturated/α-hetero) is 1. The molecule has 0 saturated heterocycles. The molecule has 1 amide bonds. The highest BCUT2D eigenvalue weighted by atomic mass is 35.5. The molecule has 0 spiro atoms. The van der Waals surface area contributed by atoms with Gasteiger partial charge in [-0.3, -0.25) is 19.2 Å². The zero-order valence-electron chi connectivity index (χ0n) is 19.9. The summed E-state index contributed by atoms with van der Waals surface area (Å²) in [5, 5.41) is 3.38. The van der Waals surface area contributed by atoms with Gasteiger partial charge >= 0.3 is 5.97 Å². The molecular formula is C25H21ClF4N2O6. The van der Waals surface area contributed by atoms with Crippen molar-refractivity contribution in [3.05, 3.63) is 75.2 Å². The van der Waals surface area contributed by atoms with E-state index in [0.29, 0.717) is 16.8 Å². The zero-order chi connectivity index (χ0) is 28.0. The molecule has 0 aliphatic rings. The lowest BCUT2D eigenvalue weighted by Crippen LogP contribution is -2.46. The Morgan fingerprint density at radius 3 is 2.39 bits per heavy atom. The van der Waals surface area contributed by atoms with E-state index < -0.39 is 77.9 Å². The number of carbonyl (C=O) groups is 3. The second-order valence-corrected chi connectivity index (χ2v) is 8.51. The molecule has 8 nitrogen and oxygen atoms in total. The number of hydrogen-bond donors (Lipinski definition) is 1. The van der Waals surface area contributed by atoms with Crippen molar-refractivity contribution in [1.29, 1.82) is 0 Å². The maximum atomic E-state index is 13.9. The van der Waals surface area contributed by atoms with E-state index in [9.17, 15) is 36.7 Å². The first-order chi connectivity index (χ1) is 18.0. The number of ether oxygens (including phenoxy) is 2. The Morgan fingerprint density at radius 2 is 1.74 bits per heavy atom. The van der Waals surface area contributed by atoms with Crippen molar-refractivity contribution in [2.75, 3.05) is 13.2 Å². The summed E-state index contributed by atoms with van der Waals surface area (Å²) in [4.78, 5) is 50.3. The van der Waals surface area contributed by atoms with Gasteiger partial charge in [-0.05, 0) is 30.0 Å². The van der Waals surface area contributed by atoms with Gasteiger partial charge in [0.25, 0.3) is 5.56 Å². The molecule has 3 rings (SSSR count). The van der Waals surface area contributed by atoms with Crippen LogP contribution in [0.25, 0.3) is 10.8 Å². The minimum absolute atomic E-state index is 0.0260. The van der Waals surface area contributed by atoms with E-state index in [4.69, 9.17) is 16.3 Å². The van der Waals surface area contributed by atoms with Gasteiger partial charge in [-0.2, -0.15) is 8.78 Å². The smallest absolute Gasteiger partial charge is 0.308 e. The van der Waals surface area contributed by atoms with Crippen LogP contribution >= 0.6 is 11.6 Å². The third-order valence-corrected chi connectivity index (χ3v) is 5.48. The average molecular weight is 557 g/mol. The summed E-state index contributed by atoms with van der Waals surface area (Å²) in [5.74, 6) is -11.5. The quantitative estimate of drug-likeness (QED) is 0.219. The van der Waals surface area contributed by atoms with Crippen molar-refractivity contribution in [3.63, 3.8) is 0 Å². The molecule has 1 atom stereocenters. The van der Waals surface area contributed by atoms with Gasteiger partial charge in [0.1, 0.15) is 19.2 Å². The lowest BCUT2D eigenvalue weighted by molar-refractivity contribution is -0.146. The molecule has 0 saturated carbocycles. The summed E-state index contributed by atoms with van der Waals surface area (Å²) >= 11 is 5.94. The van der Waals surface area contributed by atoms with E-state index in [0.717, 1.165) is 4.57 Å². The van der Waals surface area contributed by atoms with E-state index in [-0.39, 0.29) is 18.1 Å². The molecule has 2 aromatic carbocycles. The predicted molar refractivity (Wildman–Crippen MR) is 128 cm³/mol. The van der Waals surface area contributed by atoms with Crippen LogP contribution in [-0.4, -0.2) is 41.5 Å². The number of hydrogen-bond acceptors (Lipinski definition) is 6. The number of pyridine rings is 1. The largest absolute Gasteiger partial charge is 0.479 e. The summed E-state index contributed by atoms with van der Waals surface area (Å²) in [6.07, 6.45) is 1.13. The first-order valence-corrected chi connectivity index (χ1v) is 11.6. The van der Waals surface area contributed by atoms with Crippen LogP contribution in [0.3, 0.4) is 0 Å². The first-order valence-electron chi connectivity index (χ1n) is 11.2. The number of amides is 1. The van der Waals surface area contributed by atoms with Crippen LogP contribution in [-0.2, 0) is 25.7 Å². The molecule has 3 aromatic rings. The van der Waals surface area contributed by atoms with Crippen LogP contribution in [0.5, 0.6) is 5.75 Å². The molecule has 1 heterocycles. The van der Waals surface area contributed by atoms with Crippen molar-refractivity contribution >= 4 is 40.0 Å². The number of benzene rings is 2. The third-order valence-electron chi connectivity index (χ3n) is 5.25. The van der Waals surface area contributed by atoms with E-state index >= 15 is 0 Å². The van der Waals surface area contributed by atoms with E-state index in [1.54, 1.807) is 25.1 Å². The fourth-order valence-electron chi connectivity index (χ4n) is 3.38. The second-order valence-electron chi connectivity index (χ2n) is 8.08. The Labute approximate surface area is 218 Å². The highest BCUT2D eigenvalue weighted by molar-refractivity contribution is 6.31. The van der Waals surface area contributed by atoms with Crippen molar-refractivity contribution in [2.45, 2.75) is 32.4 Å². The third kappa shape index (κ3) is 6.88. The monoisotopic (exact) mass is 556 g/mol. The van der Waals surface area contributed by atoms with Gasteiger partial charge in [0.2, 0.25) is 17.5 Å². The standard InChI is InChI=1S/C25H21ClF4N2O6/c1-2-7-37-21(35)10-18(19(33)12-38-24-22(29)16(27)9-17(28)23(24)30)31-20(34)11-32-6-5-13-3-4-14(26)8-15(13)25(32)36/h3-6,8-9,18H,2,7,10-12H2,1H3,(H,31,34). The molecule has 202 valence electrons. The number of aromatic nitrogens is 1. The fraction of sp³-hybridized carbons (Fsp3) is 0.280. The topological polar surface area (TPSA) is 104 Å². The molecule has 0 fully saturated rings. The van der Waals surface area contributed by atoms with E-state index in [2.05, 4.69) is 10.1 Å². The van der Waals surface area contributed by atoms with Gasteiger partial charge in [-0.25, -0.2) is 8.78 Å². The van der Waals surface area contributed by atoms with Crippen molar-refractivity contribution in [3.8, 4) is 5.75 Å². The lowest BCUT2D eigenvalue weighted by atomic mass is 10.1. The van der Waals surface area contributed by atoms with E-state index in [1.807, 2.05) is 0 Å². The lowest BCUT2D eigenvalue weighted by Gasteiger charge is -2.18. The first kappa shape index (κ1) is 28.6. The molecule has 1 unspecified atom stereocenters. The van der Waals surface area contributed by atoms with Crippen LogP contribution < -0.4 is 15.6 Å². The van der Waals surface area contributed by atoms with Gasteiger partial charge in [-0.1, -0.05) is 24.6 Å².